The van der Waals surface area contributed by atoms with Crippen LogP contribution < -0.4 is 16.0 Å². The molecule has 0 aliphatic rings. The fraction of sp³-hybridized carbons (Fsp3) is 0.412. The minimum Gasteiger partial charge on any atom is -0.449 e. The maximum absolute atomic E-state index is 12.3. The van der Waals surface area contributed by atoms with E-state index in [2.05, 4.69) is 10.6 Å². The van der Waals surface area contributed by atoms with Gasteiger partial charge >= 0.3 is 12.0 Å². The number of hydrogen-bond donors (Lipinski definition) is 3. The van der Waals surface area contributed by atoms with E-state index in [9.17, 15) is 19.2 Å². The van der Waals surface area contributed by atoms with Crippen LogP contribution >= 0.6 is 11.8 Å². The van der Waals surface area contributed by atoms with Crippen molar-refractivity contribution < 1.29 is 23.9 Å². The number of nitrogens with one attached hydrogen (secondary N) is 3. The van der Waals surface area contributed by atoms with Crippen LogP contribution in [0, 0.1) is 0 Å². The summed E-state index contributed by atoms with van der Waals surface area (Å²) in [5.74, 6) is -1.45. The molecule has 0 spiro atoms. The highest BCUT2D eigenvalue weighted by Crippen LogP contribution is 2.23. The third-order valence-electron chi connectivity index (χ3n) is 3.03. The third-order valence-corrected chi connectivity index (χ3v) is 4.11. The molecule has 4 amide bonds. The standard InChI is InChI=1S/C17H23N3O5S/c1-10(2)19-14(21)9-26-13-8-6-5-7-12(13)16(23)25-11(3)15(22)20-17(24)18-4/h5-8,10-11H,9H2,1-4H3,(H,19,21)(H2,18,20,22,24). The van der Waals surface area contributed by atoms with Gasteiger partial charge in [-0.2, -0.15) is 0 Å². The molecule has 0 heterocycles. The molecule has 1 unspecified atom stereocenters. The van der Waals surface area contributed by atoms with Gasteiger partial charge in [0.1, 0.15) is 0 Å². The van der Waals surface area contributed by atoms with E-state index >= 15 is 0 Å². The maximum Gasteiger partial charge on any atom is 0.340 e. The highest BCUT2D eigenvalue weighted by atomic mass is 32.2. The maximum atomic E-state index is 12.3. The van der Waals surface area contributed by atoms with Crippen LogP contribution in [0.25, 0.3) is 0 Å². The minimum absolute atomic E-state index is 0.0305. The summed E-state index contributed by atoms with van der Waals surface area (Å²) in [6.07, 6.45) is -1.15. The average molecular weight is 381 g/mol. The molecule has 0 aromatic heterocycles. The molecular weight excluding hydrogens is 358 g/mol. The largest absolute Gasteiger partial charge is 0.449 e. The van der Waals surface area contributed by atoms with Crippen molar-refractivity contribution in [2.45, 2.75) is 37.8 Å². The molecule has 0 saturated carbocycles. The summed E-state index contributed by atoms with van der Waals surface area (Å²) < 4.78 is 5.11. The molecule has 8 nitrogen and oxygen atoms in total. The minimum atomic E-state index is -1.15. The summed E-state index contributed by atoms with van der Waals surface area (Å²) >= 11 is 1.20. The van der Waals surface area contributed by atoms with Crippen LogP contribution in [0.15, 0.2) is 29.2 Å². The molecule has 0 aliphatic heterocycles. The van der Waals surface area contributed by atoms with Gasteiger partial charge < -0.3 is 15.4 Å². The van der Waals surface area contributed by atoms with E-state index in [0.29, 0.717) is 4.90 Å². The number of hydrogen-bond acceptors (Lipinski definition) is 6. The lowest BCUT2D eigenvalue weighted by Crippen LogP contribution is -2.43. The first-order chi connectivity index (χ1) is 12.2. The zero-order valence-corrected chi connectivity index (χ0v) is 15.9. The van der Waals surface area contributed by atoms with Crippen LogP contribution in [0.1, 0.15) is 31.1 Å². The van der Waals surface area contributed by atoms with Gasteiger partial charge in [0, 0.05) is 18.0 Å². The summed E-state index contributed by atoms with van der Waals surface area (Å²) in [5, 5.41) is 7.03. The third kappa shape index (κ3) is 7.14. The van der Waals surface area contributed by atoms with Crippen molar-refractivity contribution in [3.05, 3.63) is 29.8 Å². The van der Waals surface area contributed by atoms with Crippen LogP contribution in [0.3, 0.4) is 0 Å². The fourth-order valence-corrected chi connectivity index (χ4v) is 2.67. The van der Waals surface area contributed by atoms with Gasteiger partial charge in [-0.25, -0.2) is 9.59 Å². The SMILES string of the molecule is CNC(=O)NC(=O)C(C)OC(=O)c1ccccc1SCC(=O)NC(C)C. The molecule has 3 N–H and O–H groups in total. The molecular formula is C17H23N3O5S. The Labute approximate surface area is 156 Å². The van der Waals surface area contributed by atoms with Crippen molar-refractivity contribution >= 4 is 35.6 Å². The Hall–Kier alpha value is -2.55. The van der Waals surface area contributed by atoms with Crippen molar-refractivity contribution in [3.8, 4) is 0 Å². The van der Waals surface area contributed by atoms with Gasteiger partial charge in [-0.1, -0.05) is 12.1 Å². The number of carbonyl (C=O) groups excluding carboxylic acids is 4. The van der Waals surface area contributed by atoms with Gasteiger partial charge in [0.05, 0.1) is 11.3 Å². The van der Waals surface area contributed by atoms with Crippen LogP contribution in [0.4, 0.5) is 4.79 Å². The number of thioether (sulfide) groups is 1. The topological polar surface area (TPSA) is 114 Å². The molecule has 142 valence electrons. The fourth-order valence-electron chi connectivity index (χ4n) is 1.82. The number of ether oxygens (including phenoxy) is 1. The molecule has 0 fully saturated rings. The van der Waals surface area contributed by atoms with E-state index in [1.54, 1.807) is 24.3 Å². The van der Waals surface area contributed by atoms with Gasteiger partial charge in [-0.15, -0.1) is 11.8 Å². The second kappa shape index (κ2) is 10.4. The van der Waals surface area contributed by atoms with E-state index in [1.165, 1.54) is 25.7 Å². The first kappa shape index (κ1) is 21.5. The number of carbonyl (C=O) groups is 4. The van der Waals surface area contributed by atoms with Crippen molar-refractivity contribution in [2.75, 3.05) is 12.8 Å². The number of esters is 1. The number of urea groups is 1. The lowest BCUT2D eigenvalue weighted by Gasteiger charge is -2.14. The van der Waals surface area contributed by atoms with Gasteiger partial charge in [-0.05, 0) is 32.9 Å². The second-order valence-electron chi connectivity index (χ2n) is 5.62. The molecule has 0 bridgehead atoms. The summed E-state index contributed by atoms with van der Waals surface area (Å²) in [5.41, 5.74) is 0.245. The Morgan fingerprint density at radius 3 is 2.38 bits per heavy atom. The number of benzene rings is 1. The number of rotatable bonds is 7. The monoisotopic (exact) mass is 381 g/mol. The quantitative estimate of drug-likeness (QED) is 0.485. The van der Waals surface area contributed by atoms with Crippen molar-refractivity contribution in [1.29, 1.82) is 0 Å². The summed E-state index contributed by atoms with van der Waals surface area (Å²) in [6, 6.07) is 5.98. The van der Waals surface area contributed by atoms with E-state index in [0.717, 1.165) is 0 Å². The highest BCUT2D eigenvalue weighted by Gasteiger charge is 2.22. The molecule has 0 aliphatic carbocycles. The predicted molar refractivity (Wildman–Crippen MR) is 97.9 cm³/mol. The molecule has 9 heteroatoms. The first-order valence-corrected chi connectivity index (χ1v) is 8.98. The Balaban J connectivity index is 2.73. The van der Waals surface area contributed by atoms with E-state index in [4.69, 9.17) is 4.74 Å². The van der Waals surface area contributed by atoms with Gasteiger partial charge in [0.2, 0.25) is 5.91 Å². The Kier molecular flexibility index (Phi) is 8.63. The summed E-state index contributed by atoms with van der Waals surface area (Å²) in [7, 11) is 1.36. The van der Waals surface area contributed by atoms with Gasteiger partial charge in [0.15, 0.2) is 6.10 Å². The highest BCUT2D eigenvalue weighted by molar-refractivity contribution is 8.00. The molecule has 0 radical (unpaired) electrons. The molecule has 1 atom stereocenters. The lowest BCUT2D eigenvalue weighted by molar-refractivity contribution is -0.128. The Morgan fingerprint density at radius 2 is 1.77 bits per heavy atom. The predicted octanol–water partition coefficient (Wildman–Crippen LogP) is 1.30. The molecule has 26 heavy (non-hydrogen) atoms. The zero-order valence-electron chi connectivity index (χ0n) is 15.1. The first-order valence-electron chi connectivity index (χ1n) is 7.99. The van der Waals surface area contributed by atoms with Gasteiger partial charge in [0.25, 0.3) is 5.91 Å². The van der Waals surface area contributed by atoms with Gasteiger partial charge in [-0.3, -0.25) is 14.9 Å². The summed E-state index contributed by atoms with van der Waals surface area (Å²) in [4.78, 5) is 47.6. The second-order valence-corrected chi connectivity index (χ2v) is 6.64. The molecule has 1 aromatic carbocycles. The molecule has 0 saturated heterocycles. The van der Waals surface area contributed by atoms with E-state index in [1.807, 2.05) is 19.2 Å². The van der Waals surface area contributed by atoms with Crippen LogP contribution in [-0.4, -0.2) is 48.8 Å². The Bertz CT molecular complexity index is 678. The van der Waals surface area contributed by atoms with Crippen molar-refractivity contribution in [1.82, 2.24) is 16.0 Å². The van der Waals surface area contributed by atoms with Crippen molar-refractivity contribution in [3.63, 3.8) is 0 Å². The number of amides is 4. The van der Waals surface area contributed by atoms with Crippen molar-refractivity contribution in [2.24, 2.45) is 0 Å². The number of imide groups is 1. The van der Waals surface area contributed by atoms with E-state index < -0.39 is 24.0 Å². The van der Waals surface area contributed by atoms with Crippen LogP contribution in [0.2, 0.25) is 0 Å². The zero-order chi connectivity index (χ0) is 19.7. The normalized spacial score (nSPS) is 11.4. The Morgan fingerprint density at radius 1 is 1.12 bits per heavy atom. The average Bonchev–Trinajstić information content (AvgIpc) is 2.59. The van der Waals surface area contributed by atoms with Crippen LogP contribution in [0.5, 0.6) is 0 Å². The molecule has 1 aromatic rings. The summed E-state index contributed by atoms with van der Waals surface area (Å²) in [6.45, 7) is 5.08. The van der Waals surface area contributed by atoms with E-state index in [-0.39, 0.29) is 23.3 Å². The molecule has 1 rings (SSSR count). The smallest absolute Gasteiger partial charge is 0.340 e. The van der Waals surface area contributed by atoms with Crippen LogP contribution in [-0.2, 0) is 14.3 Å². The lowest BCUT2D eigenvalue weighted by atomic mass is 10.2.